The molecule has 0 radical (unpaired) electrons. The number of rotatable bonds is 7. The number of ether oxygens (including phenoxy) is 1. The summed E-state index contributed by atoms with van der Waals surface area (Å²) in [4.78, 5) is 41.8. The Hall–Kier alpha value is -2.57. The summed E-state index contributed by atoms with van der Waals surface area (Å²) in [6.07, 6.45) is -0.664. The molecule has 2 atom stereocenters. The molecule has 0 saturated heterocycles. The molecule has 1 aromatic carbocycles. The largest absolute Gasteiger partial charge is 0.444 e. The molecule has 0 aromatic heterocycles. The van der Waals surface area contributed by atoms with Crippen molar-refractivity contribution >= 4 is 17.9 Å². The molecule has 3 amide bonds. The summed E-state index contributed by atoms with van der Waals surface area (Å²) >= 11 is 0. The number of hydrogen-bond acceptors (Lipinski definition) is 4. The second kappa shape index (κ2) is 11.2. The molecule has 2 unspecified atom stereocenters. The summed E-state index contributed by atoms with van der Waals surface area (Å²) in [5, 5.41) is 5.73. The minimum absolute atomic E-state index is 0.0979. The summed E-state index contributed by atoms with van der Waals surface area (Å²) in [6, 6.07) is 3.98. The van der Waals surface area contributed by atoms with E-state index in [1.54, 1.807) is 25.7 Å². The van der Waals surface area contributed by atoms with E-state index in [2.05, 4.69) is 10.6 Å². The highest BCUT2D eigenvalue weighted by Gasteiger charge is 2.42. The van der Waals surface area contributed by atoms with Crippen LogP contribution >= 0.6 is 0 Å². The van der Waals surface area contributed by atoms with Gasteiger partial charge in [0.1, 0.15) is 17.7 Å². The molecule has 2 N–H and O–H groups in total. The number of amides is 3. The molecule has 0 fully saturated rings. The van der Waals surface area contributed by atoms with Crippen LogP contribution in [0.4, 0.5) is 4.79 Å². The molecular weight excluding hydrogens is 430 g/mol. The van der Waals surface area contributed by atoms with Crippen molar-refractivity contribution in [3.63, 3.8) is 0 Å². The summed E-state index contributed by atoms with van der Waals surface area (Å²) in [5.74, 6) is -0.824. The number of alkyl carbamates (subject to hydrolysis) is 1. The molecule has 0 aliphatic rings. The Kier molecular flexibility index (Phi) is 9.74. The highest BCUT2D eigenvalue weighted by molar-refractivity contribution is 5.93. The molecule has 192 valence electrons. The monoisotopic (exact) mass is 475 g/mol. The zero-order valence-corrected chi connectivity index (χ0v) is 23.1. The van der Waals surface area contributed by atoms with Crippen molar-refractivity contribution in [1.29, 1.82) is 0 Å². The predicted molar refractivity (Wildman–Crippen MR) is 137 cm³/mol. The van der Waals surface area contributed by atoms with Gasteiger partial charge in [0.2, 0.25) is 11.8 Å². The molecule has 0 heterocycles. The Labute approximate surface area is 206 Å². The van der Waals surface area contributed by atoms with E-state index in [0.29, 0.717) is 0 Å². The van der Waals surface area contributed by atoms with Gasteiger partial charge < -0.3 is 20.3 Å². The van der Waals surface area contributed by atoms with Crippen LogP contribution in [0.2, 0.25) is 0 Å². The third kappa shape index (κ3) is 8.33. The van der Waals surface area contributed by atoms with Crippen LogP contribution in [-0.4, -0.2) is 46.0 Å². The number of benzene rings is 1. The molecule has 0 spiro atoms. The number of aryl methyl sites for hydroxylation is 2. The average molecular weight is 476 g/mol. The van der Waals surface area contributed by atoms with Gasteiger partial charge in [-0.15, -0.1) is 0 Å². The van der Waals surface area contributed by atoms with Gasteiger partial charge in [0.05, 0.1) is 0 Å². The van der Waals surface area contributed by atoms with Gasteiger partial charge in [0.25, 0.3) is 0 Å². The third-order valence-electron chi connectivity index (χ3n) is 5.35. The molecule has 0 bridgehead atoms. The van der Waals surface area contributed by atoms with E-state index in [-0.39, 0.29) is 23.8 Å². The minimum atomic E-state index is -0.866. The maximum Gasteiger partial charge on any atom is 0.408 e. The molecule has 0 aliphatic heterocycles. The molecule has 1 aromatic rings. The van der Waals surface area contributed by atoms with Gasteiger partial charge in [-0.3, -0.25) is 9.59 Å². The Morgan fingerprint density at radius 1 is 0.882 bits per heavy atom. The second-order valence-corrected chi connectivity index (χ2v) is 11.7. The average Bonchev–Trinajstić information content (AvgIpc) is 2.62. The van der Waals surface area contributed by atoms with Crippen LogP contribution in [-0.2, 0) is 14.3 Å². The van der Waals surface area contributed by atoms with Crippen LogP contribution in [0, 0.1) is 19.8 Å². The van der Waals surface area contributed by atoms with Crippen LogP contribution in [0.1, 0.15) is 92.0 Å². The molecular formula is C27H45N3O4. The van der Waals surface area contributed by atoms with Crippen molar-refractivity contribution in [2.45, 2.75) is 112 Å². The molecule has 0 saturated carbocycles. The van der Waals surface area contributed by atoms with Gasteiger partial charge in [0, 0.05) is 11.6 Å². The summed E-state index contributed by atoms with van der Waals surface area (Å²) in [6.45, 7) is 22.5. The van der Waals surface area contributed by atoms with E-state index in [1.165, 1.54) is 0 Å². The van der Waals surface area contributed by atoms with Crippen LogP contribution in [0.15, 0.2) is 18.2 Å². The quantitative estimate of drug-likeness (QED) is 0.578. The molecule has 1 rings (SSSR count). The first-order valence-electron chi connectivity index (χ1n) is 12.1. The van der Waals surface area contributed by atoms with Gasteiger partial charge in [-0.1, -0.05) is 32.0 Å². The fraction of sp³-hybridized carbons (Fsp3) is 0.667. The molecule has 34 heavy (non-hydrogen) atoms. The lowest BCUT2D eigenvalue weighted by atomic mass is 9.92. The van der Waals surface area contributed by atoms with Crippen molar-refractivity contribution in [2.75, 3.05) is 0 Å². The van der Waals surface area contributed by atoms with E-state index in [0.717, 1.165) is 16.7 Å². The molecule has 0 aliphatic carbocycles. The number of nitrogens with zero attached hydrogens (tertiary/aromatic N) is 1. The van der Waals surface area contributed by atoms with Crippen molar-refractivity contribution in [2.24, 2.45) is 5.92 Å². The first-order valence-corrected chi connectivity index (χ1v) is 12.1. The highest BCUT2D eigenvalue weighted by atomic mass is 16.6. The summed E-state index contributed by atoms with van der Waals surface area (Å²) in [7, 11) is 0. The zero-order valence-electron chi connectivity index (χ0n) is 23.1. The molecule has 7 heteroatoms. The van der Waals surface area contributed by atoms with Gasteiger partial charge in [0.15, 0.2) is 0 Å². The Bertz CT molecular complexity index is 879. The second-order valence-electron chi connectivity index (χ2n) is 11.7. The van der Waals surface area contributed by atoms with Crippen molar-refractivity contribution in [3.8, 4) is 0 Å². The number of nitrogens with one attached hydrogen (secondary N) is 2. The maximum absolute atomic E-state index is 14.1. The van der Waals surface area contributed by atoms with Crippen LogP contribution < -0.4 is 10.6 Å². The standard InChI is InChI=1S/C27H45N3O4/c1-16(2)21(29-25(33)34-27(10,11)12)24(32)30(26(7,8)9)22(23(31)28-17(3)4)20-14-13-18(5)19(6)15-20/h13-17,21-22H,1-12H3,(H,28,31)(H,29,33). The number of carbonyl (C=O) groups is 3. The Morgan fingerprint density at radius 2 is 1.44 bits per heavy atom. The first kappa shape index (κ1) is 29.5. The van der Waals surface area contributed by atoms with Crippen molar-refractivity contribution in [3.05, 3.63) is 34.9 Å². The number of hydrogen-bond donors (Lipinski definition) is 2. The SMILES string of the molecule is Cc1ccc(C(C(=O)NC(C)C)N(C(=O)C(NC(=O)OC(C)(C)C)C(C)C)C(C)(C)C)cc1C. The van der Waals surface area contributed by atoms with E-state index < -0.39 is 29.3 Å². The van der Waals surface area contributed by atoms with E-state index in [9.17, 15) is 14.4 Å². The zero-order chi connectivity index (χ0) is 26.6. The van der Waals surface area contributed by atoms with Crippen LogP contribution in [0.5, 0.6) is 0 Å². The molecule has 7 nitrogen and oxygen atoms in total. The highest BCUT2D eigenvalue weighted by Crippen LogP contribution is 2.32. The van der Waals surface area contributed by atoms with Gasteiger partial charge in [-0.05, 0) is 91.8 Å². The summed E-state index contributed by atoms with van der Waals surface area (Å²) < 4.78 is 5.41. The Balaban J connectivity index is 3.59. The van der Waals surface area contributed by atoms with Gasteiger partial charge >= 0.3 is 6.09 Å². The van der Waals surface area contributed by atoms with Crippen molar-refractivity contribution in [1.82, 2.24) is 15.5 Å². The van der Waals surface area contributed by atoms with Crippen LogP contribution in [0.25, 0.3) is 0 Å². The normalized spacial score (nSPS) is 13.9. The summed E-state index contributed by atoms with van der Waals surface area (Å²) in [5.41, 5.74) is 1.46. The van der Waals surface area contributed by atoms with E-state index in [4.69, 9.17) is 4.74 Å². The predicted octanol–water partition coefficient (Wildman–Crippen LogP) is 5.05. The van der Waals surface area contributed by atoms with E-state index in [1.807, 2.05) is 80.5 Å². The fourth-order valence-electron chi connectivity index (χ4n) is 3.66. The van der Waals surface area contributed by atoms with E-state index >= 15 is 0 Å². The van der Waals surface area contributed by atoms with Gasteiger partial charge in [-0.25, -0.2) is 4.79 Å². The minimum Gasteiger partial charge on any atom is -0.444 e. The Morgan fingerprint density at radius 3 is 1.85 bits per heavy atom. The first-order chi connectivity index (χ1) is 15.3. The maximum atomic E-state index is 14.1. The lowest BCUT2D eigenvalue weighted by Gasteiger charge is -2.44. The third-order valence-corrected chi connectivity index (χ3v) is 5.35. The lowest BCUT2D eigenvalue weighted by molar-refractivity contribution is -0.149. The van der Waals surface area contributed by atoms with Gasteiger partial charge in [-0.2, -0.15) is 0 Å². The fourth-order valence-corrected chi connectivity index (χ4v) is 3.66. The smallest absolute Gasteiger partial charge is 0.408 e. The van der Waals surface area contributed by atoms with Crippen LogP contribution in [0.3, 0.4) is 0 Å². The van der Waals surface area contributed by atoms with Crippen molar-refractivity contribution < 1.29 is 19.1 Å². The number of carbonyl (C=O) groups excluding carboxylic acids is 3. The lowest BCUT2D eigenvalue weighted by Crippen LogP contribution is -2.60. The topological polar surface area (TPSA) is 87.7 Å².